The van der Waals surface area contributed by atoms with Crippen molar-refractivity contribution in [1.29, 1.82) is 0 Å². The molecule has 0 aliphatic carbocycles. The second kappa shape index (κ2) is 8.94. The first-order valence-corrected chi connectivity index (χ1v) is 6.26. The lowest BCUT2D eigenvalue weighted by Gasteiger charge is -2.11. The van der Waals surface area contributed by atoms with Crippen molar-refractivity contribution in [3.05, 3.63) is 34.4 Å². The van der Waals surface area contributed by atoms with E-state index in [1.165, 1.54) is 18.6 Å². The third-order valence-corrected chi connectivity index (χ3v) is 2.44. The van der Waals surface area contributed by atoms with E-state index in [2.05, 4.69) is 20.3 Å². The second-order valence-electron chi connectivity index (χ2n) is 4.08. The lowest BCUT2D eigenvalue weighted by atomic mass is 10.1. The maximum absolute atomic E-state index is 11.8. The van der Waals surface area contributed by atoms with Crippen LogP contribution in [0.25, 0.3) is 0 Å². The number of amides is 1. The Kier molecular flexibility index (Phi) is 6.89. The lowest BCUT2D eigenvalue weighted by Crippen LogP contribution is -2.37. The smallest absolute Gasteiger partial charge is 0.272 e. The van der Waals surface area contributed by atoms with Gasteiger partial charge in [0, 0.05) is 18.9 Å². The van der Waals surface area contributed by atoms with Gasteiger partial charge in [-0.2, -0.15) is 0 Å². The minimum atomic E-state index is -0.825. The maximum Gasteiger partial charge on any atom is 0.272 e. The van der Waals surface area contributed by atoms with Crippen molar-refractivity contribution < 1.29 is 14.6 Å². The fraction of sp³-hybridized carbons (Fsp3) is 0.364. The van der Waals surface area contributed by atoms with Crippen LogP contribution in [0.2, 0.25) is 0 Å². The van der Waals surface area contributed by atoms with Gasteiger partial charge in [0.2, 0.25) is 0 Å². The van der Waals surface area contributed by atoms with Crippen LogP contribution in [0.4, 0.5) is 0 Å². The van der Waals surface area contributed by atoms with Crippen LogP contribution >= 0.6 is 0 Å². The van der Waals surface area contributed by atoms with Crippen LogP contribution < -0.4 is 16.5 Å². The molecule has 0 fully saturated rings. The van der Waals surface area contributed by atoms with Gasteiger partial charge in [-0.15, -0.1) is 0 Å². The quantitative estimate of drug-likeness (QED) is 0.132. The largest absolute Gasteiger partial charge is 0.365 e. The Morgan fingerprint density at radius 3 is 2.91 bits per heavy atom. The summed E-state index contributed by atoms with van der Waals surface area (Å²) in [6.07, 6.45) is 5.39. The van der Waals surface area contributed by atoms with Crippen molar-refractivity contribution in [2.45, 2.75) is 18.9 Å². The summed E-state index contributed by atoms with van der Waals surface area (Å²) in [5.74, 6) is -0.834. The standard InChI is InChI=1S/C11H15N7O4/c12-11(17-18(21)22)15-3-1-2-8(7-19)16-10(20)9-6-13-4-5-14-9/h4-8H,1-3H2,(H,16,20)(H3,12,15,17). The molecule has 1 unspecified atom stereocenters. The van der Waals surface area contributed by atoms with Crippen molar-refractivity contribution in [3.8, 4) is 0 Å². The predicted octanol–water partition coefficient (Wildman–Crippen LogP) is -1.35. The minimum absolute atomic E-state index is 0.104. The SMILES string of the molecule is NC(=NCCCC(C=O)NC(=O)c1cnccn1)N[N+](=O)[O-]. The van der Waals surface area contributed by atoms with Gasteiger partial charge in [-0.1, -0.05) is 5.43 Å². The molecule has 0 radical (unpaired) electrons. The summed E-state index contributed by atoms with van der Waals surface area (Å²) in [5.41, 5.74) is 7.02. The molecule has 0 aliphatic rings. The first-order valence-electron chi connectivity index (χ1n) is 6.26. The third kappa shape index (κ3) is 6.36. The molecule has 0 bridgehead atoms. The average molecular weight is 309 g/mol. The molecule has 0 saturated heterocycles. The number of rotatable bonds is 8. The van der Waals surface area contributed by atoms with Gasteiger partial charge >= 0.3 is 0 Å². The molecule has 1 atom stereocenters. The van der Waals surface area contributed by atoms with E-state index in [1.807, 2.05) is 0 Å². The normalized spacial score (nSPS) is 12.3. The fourth-order valence-electron chi connectivity index (χ4n) is 1.47. The number of nitrogens with one attached hydrogen (secondary N) is 2. The molecule has 1 aromatic heterocycles. The number of hydrogen-bond donors (Lipinski definition) is 3. The highest BCUT2D eigenvalue weighted by atomic mass is 16.7. The number of aldehydes is 1. The molecule has 1 aromatic rings. The molecule has 22 heavy (non-hydrogen) atoms. The molecule has 11 heteroatoms. The van der Waals surface area contributed by atoms with Crippen molar-refractivity contribution in [1.82, 2.24) is 20.7 Å². The predicted molar refractivity (Wildman–Crippen MR) is 75.2 cm³/mol. The van der Waals surface area contributed by atoms with E-state index in [0.717, 1.165) is 0 Å². The number of carbonyl (C=O) groups excluding carboxylic acids is 2. The van der Waals surface area contributed by atoms with Gasteiger partial charge in [0.1, 0.15) is 12.0 Å². The third-order valence-electron chi connectivity index (χ3n) is 2.44. The second-order valence-corrected chi connectivity index (χ2v) is 4.08. The number of guanidine groups is 1. The number of nitrogens with two attached hydrogens (primary N) is 1. The van der Waals surface area contributed by atoms with E-state index < -0.39 is 17.0 Å². The van der Waals surface area contributed by atoms with Gasteiger partial charge in [-0.25, -0.2) is 20.1 Å². The summed E-state index contributed by atoms with van der Waals surface area (Å²) in [6.45, 7) is 0.179. The van der Waals surface area contributed by atoms with Crippen molar-refractivity contribution in [2.75, 3.05) is 6.54 Å². The number of nitro groups is 1. The molecule has 0 aromatic carbocycles. The molecular weight excluding hydrogens is 294 g/mol. The van der Waals surface area contributed by atoms with E-state index in [0.29, 0.717) is 19.1 Å². The van der Waals surface area contributed by atoms with Crippen molar-refractivity contribution in [3.63, 3.8) is 0 Å². The molecule has 1 amide bonds. The van der Waals surface area contributed by atoms with Gasteiger partial charge < -0.3 is 15.8 Å². The van der Waals surface area contributed by atoms with Crippen LogP contribution in [0.3, 0.4) is 0 Å². The van der Waals surface area contributed by atoms with Gasteiger partial charge in [0.25, 0.3) is 11.9 Å². The Hall–Kier alpha value is -3.11. The van der Waals surface area contributed by atoms with E-state index in [4.69, 9.17) is 5.73 Å². The van der Waals surface area contributed by atoms with E-state index >= 15 is 0 Å². The first kappa shape index (κ1) is 16.9. The van der Waals surface area contributed by atoms with Crippen LogP contribution in [0.1, 0.15) is 23.3 Å². The van der Waals surface area contributed by atoms with Crippen LogP contribution in [0.5, 0.6) is 0 Å². The minimum Gasteiger partial charge on any atom is -0.365 e. The highest BCUT2D eigenvalue weighted by molar-refractivity contribution is 5.93. The number of aromatic nitrogens is 2. The summed E-state index contributed by atoms with van der Waals surface area (Å²) in [7, 11) is 0. The Balaban J connectivity index is 2.38. The lowest BCUT2D eigenvalue weighted by molar-refractivity contribution is -0.525. The zero-order chi connectivity index (χ0) is 16.4. The molecule has 11 nitrogen and oxygen atoms in total. The topological polar surface area (TPSA) is 166 Å². The summed E-state index contributed by atoms with van der Waals surface area (Å²) < 4.78 is 0. The molecule has 0 aliphatic heterocycles. The zero-order valence-electron chi connectivity index (χ0n) is 11.5. The summed E-state index contributed by atoms with van der Waals surface area (Å²) in [4.78, 5) is 44.0. The molecular formula is C11H15N7O4. The van der Waals surface area contributed by atoms with Crippen LogP contribution in [-0.2, 0) is 4.79 Å². The van der Waals surface area contributed by atoms with Gasteiger partial charge in [-0.05, 0) is 12.8 Å². The fourth-order valence-corrected chi connectivity index (χ4v) is 1.47. The van der Waals surface area contributed by atoms with Gasteiger partial charge in [0.05, 0.1) is 12.2 Å². The number of carbonyl (C=O) groups is 2. The Labute approximate surface area is 125 Å². The zero-order valence-corrected chi connectivity index (χ0v) is 11.5. The highest BCUT2D eigenvalue weighted by Gasteiger charge is 2.13. The molecule has 118 valence electrons. The number of aliphatic imine (C=N–C) groups is 1. The number of hydrazine groups is 1. The Bertz CT molecular complexity index is 549. The Morgan fingerprint density at radius 2 is 2.32 bits per heavy atom. The van der Waals surface area contributed by atoms with Gasteiger partial charge in [-0.3, -0.25) is 9.78 Å². The van der Waals surface area contributed by atoms with Crippen LogP contribution in [0, 0.1) is 10.1 Å². The number of hydrogen-bond acceptors (Lipinski definition) is 7. The summed E-state index contributed by atoms with van der Waals surface area (Å²) >= 11 is 0. The van der Waals surface area contributed by atoms with E-state index in [1.54, 1.807) is 5.43 Å². The maximum atomic E-state index is 11.8. The summed E-state index contributed by atoms with van der Waals surface area (Å²) in [5, 5.41) is 11.7. The van der Waals surface area contributed by atoms with Gasteiger partial charge in [0.15, 0.2) is 5.03 Å². The van der Waals surface area contributed by atoms with E-state index in [9.17, 15) is 19.7 Å². The molecule has 4 N–H and O–H groups in total. The average Bonchev–Trinajstić information content (AvgIpc) is 2.50. The summed E-state index contributed by atoms with van der Waals surface area (Å²) in [6, 6.07) is -0.714. The van der Waals surface area contributed by atoms with Crippen LogP contribution in [-0.4, -0.2) is 45.7 Å². The van der Waals surface area contributed by atoms with Crippen LogP contribution in [0.15, 0.2) is 23.6 Å². The van der Waals surface area contributed by atoms with Crippen molar-refractivity contribution >= 4 is 18.2 Å². The highest BCUT2D eigenvalue weighted by Crippen LogP contribution is 1.98. The molecule has 1 rings (SSSR count). The monoisotopic (exact) mass is 309 g/mol. The van der Waals surface area contributed by atoms with Crippen molar-refractivity contribution in [2.24, 2.45) is 10.7 Å². The van der Waals surface area contributed by atoms with E-state index in [-0.39, 0.29) is 18.2 Å². The molecule has 0 spiro atoms. The number of nitrogens with zero attached hydrogens (tertiary/aromatic N) is 4. The first-order chi connectivity index (χ1) is 10.5. The molecule has 0 saturated carbocycles. The Morgan fingerprint density at radius 1 is 1.55 bits per heavy atom. The molecule has 1 heterocycles.